The Kier molecular flexibility index (Phi) is 6.67. The van der Waals surface area contributed by atoms with E-state index in [9.17, 15) is 4.79 Å². The van der Waals surface area contributed by atoms with Gasteiger partial charge in [0.05, 0.1) is 10.0 Å². The summed E-state index contributed by atoms with van der Waals surface area (Å²) in [5.41, 5.74) is 0.546. The third kappa shape index (κ3) is 5.84. The van der Waals surface area contributed by atoms with Crippen molar-refractivity contribution >= 4 is 29.1 Å². The van der Waals surface area contributed by atoms with Crippen LogP contribution in [-0.4, -0.2) is 11.9 Å². The fourth-order valence-electron chi connectivity index (χ4n) is 1.85. The van der Waals surface area contributed by atoms with Crippen molar-refractivity contribution in [2.24, 2.45) is 5.92 Å². The molecule has 0 aliphatic rings. The predicted octanol–water partition coefficient (Wildman–Crippen LogP) is 4.94. The Morgan fingerprint density at radius 2 is 1.84 bits per heavy atom. The van der Waals surface area contributed by atoms with Crippen molar-refractivity contribution in [2.75, 3.05) is 0 Å². The Morgan fingerprint density at radius 3 is 2.42 bits per heavy atom. The minimum atomic E-state index is -0.101. The maximum Gasteiger partial charge on any atom is 0.251 e. The largest absolute Gasteiger partial charge is 0.350 e. The molecule has 1 N–H and O–H groups in total. The first-order valence-corrected chi connectivity index (χ1v) is 7.41. The average molecular weight is 302 g/mol. The van der Waals surface area contributed by atoms with Crippen molar-refractivity contribution in [1.29, 1.82) is 0 Å². The third-order valence-electron chi connectivity index (χ3n) is 2.98. The zero-order valence-electron chi connectivity index (χ0n) is 11.7. The van der Waals surface area contributed by atoms with Gasteiger partial charge in [-0.1, -0.05) is 49.9 Å². The summed E-state index contributed by atoms with van der Waals surface area (Å²) in [7, 11) is 0. The van der Waals surface area contributed by atoms with E-state index in [4.69, 9.17) is 23.2 Å². The summed E-state index contributed by atoms with van der Waals surface area (Å²) in [6.07, 6.45) is 3.30. The molecule has 0 aliphatic heterocycles. The molecule has 0 radical (unpaired) electrons. The fourth-order valence-corrected chi connectivity index (χ4v) is 2.15. The molecule has 1 atom stereocenters. The Morgan fingerprint density at radius 1 is 1.16 bits per heavy atom. The van der Waals surface area contributed by atoms with Crippen LogP contribution >= 0.6 is 23.2 Å². The van der Waals surface area contributed by atoms with Crippen molar-refractivity contribution < 1.29 is 4.79 Å². The third-order valence-corrected chi connectivity index (χ3v) is 3.72. The molecular weight excluding hydrogens is 281 g/mol. The molecule has 0 aliphatic carbocycles. The van der Waals surface area contributed by atoms with Crippen molar-refractivity contribution in [1.82, 2.24) is 5.32 Å². The number of hydrogen-bond acceptors (Lipinski definition) is 1. The van der Waals surface area contributed by atoms with Gasteiger partial charge in [-0.25, -0.2) is 0 Å². The SMILES string of the molecule is CC(C)CCC[C@H](C)NC(=O)c1ccc(Cl)c(Cl)c1. The lowest BCUT2D eigenvalue weighted by atomic mass is 10.0. The molecule has 0 bridgehead atoms. The van der Waals surface area contributed by atoms with Gasteiger partial charge < -0.3 is 5.32 Å². The van der Waals surface area contributed by atoms with Gasteiger partial charge in [0.2, 0.25) is 0 Å². The molecule has 2 nitrogen and oxygen atoms in total. The average Bonchev–Trinajstić information content (AvgIpc) is 2.32. The van der Waals surface area contributed by atoms with E-state index in [1.54, 1.807) is 18.2 Å². The minimum Gasteiger partial charge on any atom is -0.350 e. The van der Waals surface area contributed by atoms with Crippen molar-refractivity contribution in [2.45, 2.75) is 46.1 Å². The minimum absolute atomic E-state index is 0.101. The van der Waals surface area contributed by atoms with Crippen molar-refractivity contribution in [3.05, 3.63) is 33.8 Å². The van der Waals surface area contributed by atoms with Crippen molar-refractivity contribution in [3.63, 3.8) is 0 Å². The normalized spacial score (nSPS) is 12.5. The highest BCUT2D eigenvalue weighted by Crippen LogP contribution is 2.22. The molecule has 0 saturated heterocycles. The first kappa shape index (κ1) is 16.3. The zero-order chi connectivity index (χ0) is 14.4. The molecule has 0 spiro atoms. The van der Waals surface area contributed by atoms with Crippen LogP contribution in [-0.2, 0) is 0 Å². The molecule has 106 valence electrons. The predicted molar refractivity (Wildman–Crippen MR) is 82.1 cm³/mol. The van der Waals surface area contributed by atoms with Crippen LogP contribution < -0.4 is 5.32 Å². The second-order valence-corrected chi connectivity index (χ2v) is 6.14. The molecule has 0 heterocycles. The van der Waals surface area contributed by atoms with Crippen LogP contribution in [0.2, 0.25) is 10.0 Å². The summed E-state index contributed by atoms with van der Waals surface area (Å²) >= 11 is 11.7. The monoisotopic (exact) mass is 301 g/mol. The summed E-state index contributed by atoms with van der Waals surface area (Å²) in [4.78, 5) is 12.0. The molecule has 0 saturated carbocycles. The van der Waals surface area contributed by atoms with E-state index < -0.39 is 0 Å². The Labute approximate surface area is 125 Å². The Balaban J connectivity index is 2.47. The van der Waals surface area contributed by atoms with Crippen LogP contribution in [0.3, 0.4) is 0 Å². The number of rotatable bonds is 6. The molecular formula is C15H21Cl2NO. The molecule has 0 aromatic heterocycles. The highest BCUT2D eigenvalue weighted by Gasteiger charge is 2.11. The summed E-state index contributed by atoms with van der Waals surface area (Å²) in [5, 5.41) is 3.84. The lowest BCUT2D eigenvalue weighted by Crippen LogP contribution is -2.32. The van der Waals surface area contributed by atoms with Gasteiger partial charge in [0.1, 0.15) is 0 Å². The standard InChI is InChI=1S/C15H21Cl2NO/c1-10(2)5-4-6-11(3)18-15(19)12-7-8-13(16)14(17)9-12/h7-11H,4-6H2,1-3H3,(H,18,19)/t11-/m0/s1. The van der Waals surface area contributed by atoms with E-state index >= 15 is 0 Å². The molecule has 0 fully saturated rings. The first-order valence-electron chi connectivity index (χ1n) is 6.66. The van der Waals surface area contributed by atoms with E-state index in [1.165, 1.54) is 6.42 Å². The molecule has 19 heavy (non-hydrogen) atoms. The van der Waals surface area contributed by atoms with Crippen LogP contribution in [0.25, 0.3) is 0 Å². The molecule has 0 unspecified atom stereocenters. The summed E-state index contributed by atoms with van der Waals surface area (Å²) in [6.45, 7) is 6.44. The number of hydrogen-bond donors (Lipinski definition) is 1. The first-order chi connectivity index (χ1) is 8.90. The summed E-state index contributed by atoms with van der Waals surface area (Å²) < 4.78 is 0. The topological polar surface area (TPSA) is 29.1 Å². The second kappa shape index (κ2) is 7.76. The van der Waals surface area contributed by atoms with Gasteiger partial charge in [-0.15, -0.1) is 0 Å². The fraction of sp³-hybridized carbons (Fsp3) is 0.533. The smallest absolute Gasteiger partial charge is 0.251 e. The van der Waals surface area contributed by atoms with E-state index in [2.05, 4.69) is 19.2 Å². The number of nitrogens with one attached hydrogen (secondary N) is 1. The van der Waals surface area contributed by atoms with Gasteiger partial charge in [0.25, 0.3) is 5.91 Å². The van der Waals surface area contributed by atoms with Gasteiger partial charge >= 0.3 is 0 Å². The maximum absolute atomic E-state index is 12.0. The summed E-state index contributed by atoms with van der Waals surface area (Å²) in [5.74, 6) is 0.605. The van der Waals surface area contributed by atoms with Gasteiger partial charge in [0, 0.05) is 11.6 Å². The van der Waals surface area contributed by atoms with Crippen molar-refractivity contribution in [3.8, 4) is 0 Å². The molecule has 1 aromatic rings. The van der Waals surface area contributed by atoms with Gasteiger partial charge in [0.15, 0.2) is 0 Å². The molecule has 4 heteroatoms. The number of halogens is 2. The second-order valence-electron chi connectivity index (χ2n) is 5.33. The number of carbonyl (C=O) groups is 1. The van der Waals surface area contributed by atoms with Gasteiger partial charge in [-0.2, -0.15) is 0 Å². The molecule has 1 amide bonds. The maximum atomic E-state index is 12.0. The lowest BCUT2D eigenvalue weighted by Gasteiger charge is -2.14. The quantitative estimate of drug-likeness (QED) is 0.792. The van der Waals surface area contributed by atoms with Crippen LogP contribution in [0, 0.1) is 5.92 Å². The molecule has 1 aromatic carbocycles. The number of carbonyl (C=O) groups excluding carboxylic acids is 1. The van der Waals surface area contributed by atoms with Crippen LogP contribution in [0.5, 0.6) is 0 Å². The number of benzene rings is 1. The zero-order valence-corrected chi connectivity index (χ0v) is 13.2. The van der Waals surface area contributed by atoms with Crippen LogP contribution in [0.1, 0.15) is 50.4 Å². The van der Waals surface area contributed by atoms with E-state index in [1.807, 2.05) is 6.92 Å². The van der Waals surface area contributed by atoms with E-state index in [0.717, 1.165) is 12.8 Å². The van der Waals surface area contributed by atoms with Crippen LogP contribution in [0.15, 0.2) is 18.2 Å². The molecule has 1 rings (SSSR count). The summed E-state index contributed by atoms with van der Waals surface area (Å²) in [6, 6.07) is 5.09. The van der Waals surface area contributed by atoms with Gasteiger partial charge in [-0.3, -0.25) is 4.79 Å². The highest BCUT2D eigenvalue weighted by molar-refractivity contribution is 6.42. The van der Waals surface area contributed by atoms with Gasteiger partial charge in [-0.05, 0) is 37.5 Å². The van der Waals surface area contributed by atoms with E-state index in [0.29, 0.717) is 21.5 Å². The Bertz CT molecular complexity index is 432. The van der Waals surface area contributed by atoms with Crippen LogP contribution in [0.4, 0.5) is 0 Å². The number of amides is 1. The van der Waals surface area contributed by atoms with E-state index in [-0.39, 0.29) is 11.9 Å². The Hall–Kier alpha value is -0.730. The highest BCUT2D eigenvalue weighted by atomic mass is 35.5. The lowest BCUT2D eigenvalue weighted by molar-refractivity contribution is 0.0938.